The van der Waals surface area contributed by atoms with Crippen molar-refractivity contribution in [1.29, 1.82) is 0 Å². The number of nitrogens with two attached hydrogens (primary N) is 1. The van der Waals surface area contributed by atoms with Crippen molar-refractivity contribution in [1.82, 2.24) is 0 Å². The zero-order chi connectivity index (χ0) is 12.3. The molecule has 16 heavy (non-hydrogen) atoms. The predicted molar refractivity (Wildman–Crippen MR) is 66.3 cm³/mol. The highest BCUT2D eigenvalue weighted by Gasteiger charge is 2.13. The Bertz CT molecular complexity index is 524. The molecule has 1 rings (SSSR count). The lowest BCUT2D eigenvalue weighted by Gasteiger charge is -2.05. The molecule has 0 aromatic heterocycles. The Morgan fingerprint density at radius 2 is 2.12 bits per heavy atom. The number of halogens is 1. The maximum atomic E-state index is 11.5. The van der Waals surface area contributed by atoms with Crippen molar-refractivity contribution in [3.05, 3.63) is 23.8 Å². The van der Waals surface area contributed by atoms with Gasteiger partial charge in [0.2, 0.25) is 0 Å². The first kappa shape index (κ1) is 13.0. The standard InChI is InChI=1S/C10H13ClN2O2S/c1-7-3-4-8(13-10(12)6-11)9(5-7)16(2,14)15/h3-5H,6H2,1-2H3,(H2,12,13). The van der Waals surface area contributed by atoms with Crippen LogP contribution >= 0.6 is 11.6 Å². The van der Waals surface area contributed by atoms with E-state index in [1.807, 2.05) is 6.92 Å². The molecule has 0 heterocycles. The summed E-state index contributed by atoms with van der Waals surface area (Å²) in [5.74, 6) is 0.257. The van der Waals surface area contributed by atoms with E-state index in [1.54, 1.807) is 18.2 Å². The summed E-state index contributed by atoms with van der Waals surface area (Å²) in [6, 6.07) is 4.95. The van der Waals surface area contributed by atoms with Crippen molar-refractivity contribution in [2.45, 2.75) is 11.8 Å². The summed E-state index contributed by atoms with van der Waals surface area (Å²) in [7, 11) is -3.32. The Balaban J connectivity index is 3.41. The molecule has 88 valence electrons. The van der Waals surface area contributed by atoms with Gasteiger partial charge in [0, 0.05) is 6.26 Å². The first-order valence-corrected chi connectivity index (χ1v) is 6.97. The molecule has 0 unspecified atom stereocenters. The third-order valence-electron chi connectivity index (χ3n) is 1.92. The first-order valence-electron chi connectivity index (χ1n) is 4.54. The van der Waals surface area contributed by atoms with Crippen LogP contribution in [0, 0.1) is 6.92 Å². The minimum absolute atomic E-state index is 0.0665. The normalized spacial score (nSPS) is 12.8. The van der Waals surface area contributed by atoms with Crippen LogP contribution in [0.3, 0.4) is 0 Å². The summed E-state index contributed by atoms with van der Waals surface area (Å²) in [5.41, 5.74) is 6.65. The molecule has 4 nitrogen and oxygen atoms in total. The van der Waals surface area contributed by atoms with E-state index in [1.165, 1.54) is 0 Å². The van der Waals surface area contributed by atoms with Crippen LogP contribution in [0.15, 0.2) is 28.1 Å². The second-order valence-electron chi connectivity index (χ2n) is 3.48. The Labute approximate surface area is 100 Å². The second-order valence-corrected chi connectivity index (χ2v) is 5.73. The van der Waals surface area contributed by atoms with Gasteiger partial charge in [0.25, 0.3) is 0 Å². The van der Waals surface area contributed by atoms with Crippen molar-refractivity contribution in [3.8, 4) is 0 Å². The van der Waals surface area contributed by atoms with Gasteiger partial charge in [-0.1, -0.05) is 6.07 Å². The fourth-order valence-corrected chi connectivity index (χ4v) is 2.15. The van der Waals surface area contributed by atoms with Gasteiger partial charge in [-0.15, -0.1) is 11.6 Å². The fourth-order valence-electron chi connectivity index (χ4n) is 1.20. The maximum Gasteiger partial charge on any atom is 0.177 e. The molecule has 1 aromatic rings. The monoisotopic (exact) mass is 260 g/mol. The lowest BCUT2D eigenvalue weighted by atomic mass is 10.2. The number of nitrogens with zero attached hydrogens (tertiary/aromatic N) is 1. The molecular weight excluding hydrogens is 248 g/mol. The van der Waals surface area contributed by atoms with E-state index < -0.39 is 9.84 Å². The van der Waals surface area contributed by atoms with Crippen molar-refractivity contribution in [2.75, 3.05) is 12.1 Å². The highest BCUT2D eigenvalue weighted by molar-refractivity contribution is 7.90. The fraction of sp³-hybridized carbons (Fsp3) is 0.300. The van der Waals surface area contributed by atoms with Crippen LogP contribution in [0.5, 0.6) is 0 Å². The van der Waals surface area contributed by atoms with Crippen LogP contribution in [0.1, 0.15) is 5.56 Å². The number of rotatable bonds is 3. The zero-order valence-electron chi connectivity index (χ0n) is 9.07. The number of aryl methyl sites for hydroxylation is 1. The molecule has 0 aliphatic heterocycles. The molecule has 0 amide bonds. The molecule has 0 saturated heterocycles. The van der Waals surface area contributed by atoms with E-state index in [4.69, 9.17) is 17.3 Å². The summed E-state index contributed by atoms with van der Waals surface area (Å²) in [6.07, 6.45) is 1.14. The largest absolute Gasteiger partial charge is 0.386 e. The molecule has 0 spiro atoms. The quantitative estimate of drug-likeness (QED) is 0.510. The molecule has 2 N–H and O–H groups in total. The topological polar surface area (TPSA) is 72.5 Å². The number of benzene rings is 1. The van der Waals surface area contributed by atoms with E-state index in [2.05, 4.69) is 4.99 Å². The predicted octanol–water partition coefficient (Wildman–Crippen LogP) is 1.63. The van der Waals surface area contributed by atoms with E-state index in [-0.39, 0.29) is 16.6 Å². The van der Waals surface area contributed by atoms with E-state index in [0.717, 1.165) is 11.8 Å². The van der Waals surface area contributed by atoms with Crippen LogP contribution in [0.2, 0.25) is 0 Å². The molecule has 0 aliphatic carbocycles. The van der Waals surface area contributed by atoms with Gasteiger partial charge in [0.05, 0.1) is 16.5 Å². The van der Waals surface area contributed by atoms with Gasteiger partial charge in [0.1, 0.15) is 5.84 Å². The van der Waals surface area contributed by atoms with Gasteiger partial charge < -0.3 is 5.73 Å². The summed E-state index contributed by atoms with van der Waals surface area (Å²) < 4.78 is 23.1. The van der Waals surface area contributed by atoms with Crippen LogP contribution in [0.25, 0.3) is 0 Å². The SMILES string of the molecule is Cc1ccc(N=C(N)CCl)c(S(C)(=O)=O)c1. The lowest BCUT2D eigenvalue weighted by Crippen LogP contribution is -2.12. The lowest BCUT2D eigenvalue weighted by molar-refractivity contribution is 0.602. The van der Waals surface area contributed by atoms with Gasteiger partial charge in [-0.25, -0.2) is 13.4 Å². The Morgan fingerprint density at radius 3 is 2.62 bits per heavy atom. The average Bonchev–Trinajstić information content (AvgIpc) is 2.19. The van der Waals surface area contributed by atoms with E-state index >= 15 is 0 Å². The summed E-state index contributed by atoms with van der Waals surface area (Å²) >= 11 is 5.49. The Morgan fingerprint density at radius 1 is 1.50 bits per heavy atom. The average molecular weight is 261 g/mol. The minimum Gasteiger partial charge on any atom is -0.386 e. The number of sulfone groups is 1. The molecule has 0 atom stereocenters. The van der Waals surface area contributed by atoms with Gasteiger partial charge in [0.15, 0.2) is 9.84 Å². The third kappa shape index (κ3) is 3.21. The Kier molecular flexibility index (Phi) is 3.93. The molecule has 0 bridgehead atoms. The van der Waals surface area contributed by atoms with Crippen LogP contribution < -0.4 is 5.73 Å². The summed E-state index contributed by atoms with van der Waals surface area (Å²) in [5, 5.41) is 0. The number of alkyl halides is 1. The molecule has 0 aliphatic rings. The number of amidine groups is 1. The van der Waals surface area contributed by atoms with E-state index in [0.29, 0.717) is 5.69 Å². The van der Waals surface area contributed by atoms with Crippen molar-refractivity contribution in [3.63, 3.8) is 0 Å². The minimum atomic E-state index is -3.32. The van der Waals surface area contributed by atoms with Crippen molar-refractivity contribution >= 4 is 33.0 Å². The third-order valence-corrected chi connectivity index (χ3v) is 3.32. The highest BCUT2D eigenvalue weighted by atomic mass is 35.5. The zero-order valence-corrected chi connectivity index (χ0v) is 10.6. The van der Waals surface area contributed by atoms with Crippen molar-refractivity contribution in [2.24, 2.45) is 10.7 Å². The molecule has 0 fully saturated rings. The van der Waals surface area contributed by atoms with Crippen LogP contribution in [-0.4, -0.2) is 26.4 Å². The van der Waals surface area contributed by atoms with Crippen LogP contribution in [0.4, 0.5) is 5.69 Å². The first-order chi connectivity index (χ1) is 7.34. The number of hydrogen-bond donors (Lipinski definition) is 1. The summed E-state index contributed by atoms with van der Waals surface area (Å²) in [6.45, 7) is 1.81. The van der Waals surface area contributed by atoms with E-state index in [9.17, 15) is 8.42 Å². The smallest absolute Gasteiger partial charge is 0.177 e. The molecule has 6 heteroatoms. The van der Waals surface area contributed by atoms with Crippen LogP contribution in [-0.2, 0) is 9.84 Å². The van der Waals surface area contributed by atoms with Gasteiger partial charge in [-0.05, 0) is 24.6 Å². The molecule has 1 aromatic carbocycles. The molecular formula is C10H13ClN2O2S. The highest BCUT2D eigenvalue weighted by Crippen LogP contribution is 2.25. The second kappa shape index (κ2) is 4.84. The van der Waals surface area contributed by atoms with Crippen molar-refractivity contribution < 1.29 is 8.42 Å². The maximum absolute atomic E-state index is 11.5. The summed E-state index contributed by atoms with van der Waals surface area (Å²) in [4.78, 5) is 4.14. The molecule has 0 saturated carbocycles. The van der Waals surface area contributed by atoms with Gasteiger partial charge >= 0.3 is 0 Å². The number of hydrogen-bond acceptors (Lipinski definition) is 3. The van der Waals surface area contributed by atoms with Gasteiger partial charge in [-0.2, -0.15) is 0 Å². The molecule has 0 radical (unpaired) electrons. The number of aliphatic imine (C=N–C) groups is 1. The Hall–Kier alpha value is -1.07. The van der Waals surface area contributed by atoms with Gasteiger partial charge in [-0.3, -0.25) is 0 Å².